The first-order chi connectivity index (χ1) is 10.6. The predicted octanol–water partition coefficient (Wildman–Crippen LogP) is 2.69. The van der Waals surface area contributed by atoms with Gasteiger partial charge in [0.15, 0.2) is 5.78 Å². The number of ketones is 1. The first-order valence-electron chi connectivity index (χ1n) is 7.31. The Labute approximate surface area is 126 Å². The van der Waals surface area contributed by atoms with Crippen molar-refractivity contribution in [1.82, 2.24) is 14.8 Å². The van der Waals surface area contributed by atoms with Crippen molar-refractivity contribution in [2.75, 3.05) is 5.32 Å². The zero-order valence-electron chi connectivity index (χ0n) is 12.1. The third kappa shape index (κ3) is 1.94. The number of allylic oxidation sites excluding steroid dienone is 2. The minimum atomic E-state index is -0.413. The molecule has 5 nitrogen and oxygen atoms in total. The van der Waals surface area contributed by atoms with Crippen LogP contribution >= 0.6 is 0 Å². The van der Waals surface area contributed by atoms with Crippen LogP contribution in [0, 0.1) is 11.7 Å². The van der Waals surface area contributed by atoms with E-state index in [1.165, 1.54) is 18.5 Å². The maximum atomic E-state index is 13.6. The molecular formula is C16H15FN4O. The molecule has 2 heterocycles. The van der Waals surface area contributed by atoms with Crippen molar-refractivity contribution in [3.8, 4) is 0 Å². The van der Waals surface area contributed by atoms with Gasteiger partial charge >= 0.3 is 0 Å². The summed E-state index contributed by atoms with van der Waals surface area (Å²) in [5, 5.41) is 7.43. The molecular weight excluding hydrogens is 283 g/mol. The summed E-state index contributed by atoms with van der Waals surface area (Å²) >= 11 is 0. The van der Waals surface area contributed by atoms with Gasteiger partial charge in [0, 0.05) is 17.7 Å². The molecule has 0 bridgehead atoms. The molecule has 22 heavy (non-hydrogen) atoms. The Kier molecular flexibility index (Phi) is 2.85. The summed E-state index contributed by atoms with van der Waals surface area (Å²) in [7, 11) is 0. The van der Waals surface area contributed by atoms with Crippen LogP contribution in [0.4, 0.5) is 10.3 Å². The minimum absolute atomic E-state index is 0.0941. The van der Waals surface area contributed by atoms with Crippen LogP contribution in [-0.4, -0.2) is 20.5 Å². The van der Waals surface area contributed by atoms with Crippen LogP contribution in [0.15, 0.2) is 41.9 Å². The van der Waals surface area contributed by atoms with Gasteiger partial charge in [0.25, 0.3) is 0 Å². The van der Waals surface area contributed by atoms with Crippen LogP contribution in [0.5, 0.6) is 0 Å². The highest BCUT2D eigenvalue weighted by Gasteiger charge is 2.37. The molecule has 1 aromatic heterocycles. The molecule has 1 aliphatic carbocycles. The van der Waals surface area contributed by atoms with Gasteiger partial charge in [0.05, 0.1) is 0 Å². The summed E-state index contributed by atoms with van der Waals surface area (Å²) in [6.07, 6.45) is 2.75. The molecule has 6 heteroatoms. The number of anilines is 1. The van der Waals surface area contributed by atoms with Crippen molar-refractivity contribution < 1.29 is 9.18 Å². The van der Waals surface area contributed by atoms with Gasteiger partial charge < -0.3 is 5.32 Å². The number of carbonyl (C=O) groups excluding carboxylic acids is 1. The van der Waals surface area contributed by atoms with Crippen LogP contribution in [-0.2, 0) is 4.79 Å². The Hall–Kier alpha value is -2.50. The molecule has 0 saturated carbocycles. The zero-order chi connectivity index (χ0) is 15.3. The number of halogens is 1. The van der Waals surface area contributed by atoms with Crippen LogP contribution in [0.1, 0.15) is 31.4 Å². The lowest BCUT2D eigenvalue weighted by atomic mass is 9.81. The third-order valence-electron chi connectivity index (χ3n) is 4.23. The van der Waals surface area contributed by atoms with Gasteiger partial charge in [-0.25, -0.2) is 9.07 Å². The number of Topliss-reactive ketones (excluding diaryl/α,β-unsaturated/α-hetero) is 1. The quantitative estimate of drug-likeness (QED) is 0.879. The number of hydrogen-bond donors (Lipinski definition) is 1. The van der Waals surface area contributed by atoms with Crippen molar-refractivity contribution >= 4 is 11.7 Å². The molecule has 112 valence electrons. The van der Waals surface area contributed by atoms with Gasteiger partial charge in [0.1, 0.15) is 18.2 Å². The second kappa shape index (κ2) is 4.76. The van der Waals surface area contributed by atoms with Crippen molar-refractivity contribution in [2.24, 2.45) is 5.92 Å². The molecule has 0 unspecified atom stereocenters. The lowest BCUT2D eigenvalue weighted by molar-refractivity contribution is -0.117. The van der Waals surface area contributed by atoms with E-state index >= 15 is 0 Å². The van der Waals surface area contributed by atoms with E-state index in [1.54, 1.807) is 10.7 Å². The van der Waals surface area contributed by atoms with Gasteiger partial charge in [-0.3, -0.25) is 4.79 Å². The summed E-state index contributed by atoms with van der Waals surface area (Å²) in [6, 6.07) is 5.91. The number of carbonyl (C=O) groups is 1. The highest BCUT2D eigenvalue weighted by atomic mass is 19.1. The van der Waals surface area contributed by atoms with Gasteiger partial charge in [0.2, 0.25) is 5.95 Å². The Morgan fingerprint density at radius 1 is 1.36 bits per heavy atom. The Morgan fingerprint density at radius 2 is 2.23 bits per heavy atom. The average molecular weight is 298 g/mol. The summed E-state index contributed by atoms with van der Waals surface area (Å²) in [5.41, 5.74) is 2.28. The molecule has 0 fully saturated rings. The van der Waals surface area contributed by atoms with E-state index in [4.69, 9.17) is 0 Å². The van der Waals surface area contributed by atoms with Crippen LogP contribution in [0.25, 0.3) is 0 Å². The molecule has 1 aliphatic heterocycles. The van der Waals surface area contributed by atoms with Crippen LogP contribution < -0.4 is 5.32 Å². The lowest BCUT2D eigenvalue weighted by Crippen LogP contribution is -2.33. The fourth-order valence-corrected chi connectivity index (χ4v) is 3.33. The van der Waals surface area contributed by atoms with E-state index in [-0.39, 0.29) is 11.6 Å². The lowest BCUT2D eigenvalue weighted by Gasteiger charge is -2.34. The molecule has 0 saturated heterocycles. The summed E-state index contributed by atoms with van der Waals surface area (Å²) in [4.78, 5) is 16.8. The standard InChI is InChI=1S/C16H15FN4O/c1-9-5-12-14(13(22)6-9)15(10-3-2-4-11(17)7-10)21-16(20-12)18-8-19-21/h2-4,7-9,15H,5-6H2,1H3,(H,18,19,20)/t9-,15+/m1/s1. The van der Waals surface area contributed by atoms with E-state index in [9.17, 15) is 9.18 Å². The van der Waals surface area contributed by atoms with E-state index in [0.717, 1.165) is 12.1 Å². The second-order valence-corrected chi connectivity index (χ2v) is 5.94. The monoisotopic (exact) mass is 298 g/mol. The number of hydrogen-bond acceptors (Lipinski definition) is 4. The molecule has 4 rings (SSSR count). The SMILES string of the molecule is C[C@H]1CC(=O)C2=C(C1)Nc1ncnn1[C@H]2c1cccc(F)c1. The third-order valence-corrected chi connectivity index (χ3v) is 4.23. The van der Waals surface area contributed by atoms with Crippen LogP contribution in [0.2, 0.25) is 0 Å². The average Bonchev–Trinajstić information content (AvgIpc) is 2.92. The fraction of sp³-hybridized carbons (Fsp3) is 0.312. The molecule has 0 spiro atoms. The number of rotatable bonds is 1. The summed E-state index contributed by atoms with van der Waals surface area (Å²) in [5.74, 6) is 0.657. The highest BCUT2D eigenvalue weighted by molar-refractivity contribution is 5.99. The van der Waals surface area contributed by atoms with Crippen molar-refractivity contribution in [3.05, 3.63) is 53.2 Å². The maximum Gasteiger partial charge on any atom is 0.226 e. The van der Waals surface area contributed by atoms with Crippen molar-refractivity contribution in [1.29, 1.82) is 0 Å². The smallest absolute Gasteiger partial charge is 0.226 e. The predicted molar refractivity (Wildman–Crippen MR) is 78.6 cm³/mol. The number of nitrogens with zero attached hydrogens (tertiary/aromatic N) is 3. The van der Waals surface area contributed by atoms with Crippen LogP contribution in [0.3, 0.4) is 0 Å². The van der Waals surface area contributed by atoms with E-state index < -0.39 is 6.04 Å². The largest absolute Gasteiger partial charge is 0.328 e. The Balaban J connectivity index is 1.92. The number of aromatic nitrogens is 3. The van der Waals surface area contributed by atoms with Gasteiger partial charge in [-0.05, 0) is 30.0 Å². The molecule has 0 amide bonds. The van der Waals surface area contributed by atoms with Crippen molar-refractivity contribution in [2.45, 2.75) is 25.8 Å². The number of fused-ring (bicyclic) bond motifs is 1. The topological polar surface area (TPSA) is 59.8 Å². The molecule has 2 atom stereocenters. The van der Waals surface area contributed by atoms with E-state index in [0.29, 0.717) is 29.4 Å². The Morgan fingerprint density at radius 3 is 3.05 bits per heavy atom. The molecule has 2 aliphatic rings. The molecule has 0 radical (unpaired) electrons. The first-order valence-corrected chi connectivity index (χ1v) is 7.31. The fourth-order valence-electron chi connectivity index (χ4n) is 3.33. The minimum Gasteiger partial charge on any atom is -0.328 e. The first kappa shape index (κ1) is 13.2. The molecule has 1 aromatic carbocycles. The summed E-state index contributed by atoms with van der Waals surface area (Å²) in [6.45, 7) is 2.06. The normalized spacial score (nSPS) is 23.8. The summed E-state index contributed by atoms with van der Waals surface area (Å²) < 4.78 is 15.3. The van der Waals surface area contributed by atoms with Crippen molar-refractivity contribution in [3.63, 3.8) is 0 Å². The Bertz CT molecular complexity index is 795. The number of benzene rings is 1. The number of nitrogens with one attached hydrogen (secondary N) is 1. The highest BCUT2D eigenvalue weighted by Crippen LogP contribution is 2.40. The molecule has 1 N–H and O–H groups in total. The second-order valence-electron chi connectivity index (χ2n) is 5.94. The zero-order valence-corrected chi connectivity index (χ0v) is 12.1. The van der Waals surface area contributed by atoms with Gasteiger partial charge in [-0.15, -0.1) is 0 Å². The van der Waals surface area contributed by atoms with Gasteiger partial charge in [-0.1, -0.05) is 19.1 Å². The maximum absolute atomic E-state index is 13.6. The van der Waals surface area contributed by atoms with E-state index in [2.05, 4.69) is 22.3 Å². The molecule has 2 aromatic rings. The van der Waals surface area contributed by atoms with Gasteiger partial charge in [-0.2, -0.15) is 10.1 Å². The van der Waals surface area contributed by atoms with E-state index in [1.807, 2.05) is 6.07 Å².